The summed E-state index contributed by atoms with van der Waals surface area (Å²) in [6.45, 7) is 2.04. The van der Waals surface area contributed by atoms with Gasteiger partial charge in [-0.3, -0.25) is 0 Å². The molecular formula is C14H16O2S. The van der Waals surface area contributed by atoms with Crippen LogP contribution in [0, 0.1) is 5.92 Å². The third kappa shape index (κ3) is 1.48. The van der Waals surface area contributed by atoms with Gasteiger partial charge in [-0.1, -0.05) is 29.8 Å². The maximum absolute atomic E-state index is 12.7. The smallest absolute Gasteiger partial charge is 0.187 e. The van der Waals surface area contributed by atoms with Gasteiger partial charge in [-0.05, 0) is 44.2 Å². The van der Waals surface area contributed by atoms with Gasteiger partial charge in [-0.25, -0.2) is 8.42 Å². The second-order valence-corrected chi connectivity index (χ2v) is 7.44. The van der Waals surface area contributed by atoms with Crippen molar-refractivity contribution in [3.05, 3.63) is 42.0 Å². The van der Waals surface area contributed by atoms with E-state index < -0.39 is 14.6 Å². The zero-order valence-electron chi connectivity index (χ0n) is 9.89. The molecule has 2 atom stereocenters. The van der Waals surface area contributed by atoms with E-state index in [0.717, 1.165) is 19.3 Å². The van der Waals surface area contributed by atoms with Crippen LogP contribution in [0.5, 0.6) is 0 Å². The summed E-state index contributed by atoms with van der Waals surface area (Å²) in [5.41, 5.74) is 1.22. The molecule has 0 aliphatic heterocycles. The van der Waals surface area contributed by atoms with Crippen LogP contribution in [-0.2, 0) is 9.84 Å². The molecule has 0 unspecified atom stereocenters. The Hall–Kier alpha value is -1.09. The maximum Gasteiger partial charge on any atom is 0.187 e. The number of hydrogen-bond donors (Lipinski definition) is 0. The predicted octanol–water partition coefficient (Wildman–Crippen LogP) is 2.96. The standard InChI is InChI=1S/C14H16O2S/c1-11-7-8-12-10-14(12,9-11)17(15,16)13-5-3-2-4-6-13/h2-6,9,12H,7-8,10H2,1H3/t12-,14-/m0/s1. The van der Waals surface area contributed by atoms with Crippen LogP contribution in [0.25, 0.3) is 0 Å². The van der Waals surface area contributed by atoms with E-state index in [4.69, 9.17) is 0 Å². The van der Waals surface area contributed by atoms with E-state index >= 15 is 0 Å². The normalized spacial score (nSPS) is 31.6. The molecule has 2 aliphatic carbocycles. The van der Waals surface area contributed by atoms with Gasteiger partial charge in [-0.2, -0.15) is 0 Å². The Kier molecular flexibility index (Phi) is 2.24. The highest BCUT2D eigenvalue weighted by Crippen LogP contribution is 2.58. The third-order valence-electron chi connectivity index (χ3n) is 4.03. The van der Waals surface area contributed by atoms with Crippen LogP contribution >= 0.6 is 0 Å². The van der Waals surface area contributed by atoms with Crippen molar-refractivity contribution < 1.29 is 8.42 Å². The van der Waals surface area contributed by atoms with Gasteiger partial charge in [0.15, 0.2) is 9.84 Å². The average Bonchev–Trinajstić information content (AvgIpc) is 3.05. The van der Waals surface area contributed by atoms with Crippen LogP contribution in [0.15, 0.2) is 46.9 Å². The summed E-state index contributed by atoms with van der Waals surface area (Å²) in [4.78, 5) is 0.466. The van der Waals surface area contributed by atoms with Crippen LogP contribution in [-0.4, -0.2) is 13.2 Å². The first-order valence-electron chi connectivity index (χ1n) is 6.04. The Bertz CT molecular complexity index is 571. The average molecular weight is 248 g/mol. The Morgan fingerprint density at radius 3 is 2.65 bits per heavy atom. The molecule has 2 aliphatic rings. The zero-order chi connectivity index (χ0) is 12.1. The molecule has 90 valence electrons. The molecule has 1 saturated carbocycles. The van der Waals surface area contributed by atoms with Crippen molar-refractivity contribution in [2.45, 2.75) is 35.8 Å². The highest BCUT2D eigenvalue weighted by Gasteiger charge is 2.62. The molecule has 2 nitrogen and oxygen atoms in total. The first-order valence-corrected chi connectivity index (χ1v) is 7.53. The second-order valence-electron chi connectivity index (χ2n) is 5.20. The van der Waals surface area contributed by atoms with E-state index in [0.29, 0.717) is 10.8 Å². The number of fused-ring (bicyclic) bond motifs is 1. The van der Waals surface area contributed by atoms with Crippen molar-refractivity contribution in [1.82, 2.24) is 0 Å². The van der Waals surface area contributed by atoms with Crippen LogP contribution in [0.3, 0.4) is 0 Å². The minimum atomic E-state index is -3.20. The highest BCUT2D eigenvalue weighted by molar-refractivity contribution is 7.93. The Labute approximate surface area is 102 Å². The zero-order valence-corrected chi connectivity index (χ0v) is 10.7. The fraction of sp³-hybridized carbons (Fsp3) is 0.429. The summed E-state index contributed by atoms with van der Waals surface area (Å²) in [5.74, 6) is 0.344. The lowest BCUT2D eigenvalue weighted by atomic mass is 10.0. The molecule has 1 fully saturated rings. The molecule has 17 heavy (non-hydrogen) atoms. The number of allylic oxidation sites excluding steroid dienone is 1. The van der Waals surface area contributed by atoms with Crippen LogP contribution in [0.2, 0.25) is 0 Å². The molecule has 1 aromatic carbocycles. The van der Waals surface area contributed by atoms with Gasteiger partial charge < -0.3 is 0 Å². The number of benzene rings is 1. The molecule has 0 saturated heterocycles. The first-order chi connectivity index (χ1) is 8.06. The summed E-state index contributed by atoms with van der Waals surface area (Å²) in [5, 5.41) is 0. The van der Waals surface area contributed by atoms with Crippen molar-refractivity contribution >= 4 is 9.84 Å². The summed E-state index contributed by atoms with van der Waals surface area (Å²) >= 11 is 0. The van der Waals surface area contributed by atoms with Crippen molar-refractivity contribution in [3.8, 4) is 0 Å². The SMILES string of the molecule is CC1=C[C@]2(S(=O)(=O)c3ccccc3)C[C@@H]2CC1. The number of sulfone groups is 1. The van der Waals surface area contributed by atoms with Gasteiger partial charge in [0.05, 0.1) is 9.64 Å². The van der Waals surface area contributed by atoms with E-state index in [9.17, 15) is 8.42 Å². The predicted molar refractivity (Wildman–Crippen MR) is 67.5 cm³/mol. The molecular weight excluding hydrogens is 232 g/mol. The van der Waals surface area contributed by atoms with E-state index in [1.54, 1.807) is 24.3 Å². The highest BCUT2D eigenvalue weighted by atomic mass is 32.2. The first kappa shape index (κ1) is 11.0. The summed E-state index contributed by atoms with van der Waals surface area (Å²) in [6, 6.07) is 8.85. The van der Waals surface area contributed by atoms with Gasteiger partial charge in [0.25, 0.3) is 0 Å². The number of hydrogen-bond acceptors (Lipinski definition) is 2. The van der Waals surface area contributed by atoms with Gasteiger partial charge >= 0.3 is 0 Å². The summed E-state index contributed by atoms with van der Waals surface area (Å²) in [7, 11) is -3.20. The monoisotopic (exact) mass is 248 g/mol. The molecule has 0 bridgehead atoms. The van der Waals surface area contributed by atoms with Crippen molar-refractivity contribution in [2.75, 3.05) is 0 Å². The molecule has 0 heterocycles. The van der Waals surface area contributed by atoms with Crippen LogP contribution in [0.4, 0.5) is 0 Å². The topological polar surface area (TPSA) is 34.1 Å². The van der Waals surface area contributed by atoms with Crippen LogP contribution < -0.4 is 0 Å². The Morgan fingerprint density at radius 2 is 1.94 bits per heavy atom. The summed E-state index contributed by atoms with van der Waals surface area (Å²) < 4.78 is 24.7. The minimum Gasteiger partial charge on any atom is -0.223 e. The molecule has 0 amide bonds. The van der Waals surface area contributed by atoms with E-state index in [1.165, 1.54) is 5.57 Å². The molecule has 3 rings (SSSR count). The van der Waals surface area contributed by atoms with Crippen molar-refractivity contribution in [1.29, 1.82) is 0 Å². The van der Waals surface area contributed by atoms with E-state index in [-0.39, 0.29) is 0 Å². The van der Waals surface area contributed by atoms with Gasteiger partial charge in [0.2, 0.25) is 0 Å². The Morgan fingerprint density at radius 1 is 1.24 bits per heavy atom. The maximum atomic E-state index is 12.7. The Balaban J connectivity index is 2.09. The number of rotatable bonds is 2. The van der Waals surface area contributed by atoms with Gasteiger partial charge in [0.1, 0.15) is 0 Å². The lowest BCUT2D eigenvalue weighted by Crippen LogP contribution is -2.26. The van der Waals surface area contributed by atoms with Gasteiger partial charge in [-0.15, -0.1) is 0 Å². The fourth-order valence-electron chi connectivity index (χ4n) is 2.97. The molecule has 3 heteroatoms. The van der Waals surface area contributed by atoms with Gasteiger partial charge in [0, 0.05) is 0 Å². The van der Waals surface area contributed by atoms with E-state index in [1.807, 2.05) is 19.1 Å². The quantitative estimate of drug-likeness (QED) is 0.754. The van der Waals surface area contributed by atoms with Crippen molar-refractivity contribution in [2.24, 2.45) is 5.92 Å². The lowest BCUT2D eigenvalue weighted by Gasteiger charge is -2.20. The van der Waals surface area contributed by atoms with Crippen molar-refractivity contribution in [3.63, 3.8) is 0 Å². The third-order valence-corrected chi connectivity index (χ3v) is 6.54. The fourth-order valence-corrected chi connectivity index (χ4v) is 5.25. The molecule has 0 radical (unpaired) electrons. The minimum absolute atomic E-state index is 0.344. The van der Waals surface area contributed by atoms with Crippen LogP contribution in [0.1, 0.15) is 26.2 Å². The second kappa shape index (κ2) is 3.45. The molecule has 1 aromatic rings. The largest absolute Gasteiger partial charge is 0.223 e. The van der Waals surface area contributed by atoms with E-state index in [2.05, 4.69) is 0 Å². The summed E-state index contributed by atoms with van der Waals surface area (Å²) in [6.07, 6.45) is 4.89. The molecule has 0 N–H and O–H groups in total. The molecule has 0 spiro atoms. The molecule has 0 aromatic heterocycles. The lowest BCUT2D eigenvalue weighted by molar-refractivity contribution is 0.571.